The van der Waals surface area contributed by atoms with Gasteiger partial charge in [0.05, 0.1) is 6.26 Å². The van der Waals surface area contributed by atoms with Crippen LogP contribution in [0, 0.1) is 0 Å². The number of hydrogen-bond acceptors (Lipinski definition) is 1. The summed E-state index contributed by atoms with van der Waals surface area (Å²) in [5.41, 5.74) is 0. The van der Waals surface area contributed by atoms with E-state index in [9.17, 15) is 11.7 Å². The van der Waals surface area contributed by atoms with Gasteiger partial charge in [-0.1, -0.05) is 0 Å². The smallest absolute Gasteiger partial charge is 0.190 e. The minimum absolute atomic E-state index is 0.239. The van der Waals surface area contributed by atoms with Gasteiger partial charge in [-0.05, 0) is 0 Å². The molecular formula is CH3F3OS. The summed E-state index contributed by atoms with van der Waals surface area (Å²) >= 11 is 0. The first-order valence-corrected chi connectivity index (χ1v) is 3.11. The van der Waals surface area contributed by atoms with Crippen LogP contribution in [0.15, 0.2) is 0 Å². The van der Waals surface area contributed by atoms with Gasteiger partial charge in [-0.3, -0.25) is 0 Å². The van der Waals surface area contributed by atoms with Crippen molar-refractivity contribution in [3.8, 4) is 0 Å². The molecule has 0 N–H and O–H groups in total. The second-order valence-electron chi connectivity index (χ2n) is 0.994. The third kappa shape index (κ3) is 9460. The monoisotopic (exact) mass is 120 g/mol. The van der Waals surface area contributed by atoms with Crippen molar-refractivity contribution in [1.82, 2.24) is 0 Å². The average Bonchev–Trinajstić information content (AvgIpc) is 0.650. The van der Waals surface area contributed by atoms with Gasteiger partial charge >= 0.3 is 0 Å². The second-order valence-corrected chi connectivity index (χ2v) is 2.98. The molecule has 1 nitrogen and oxygen atoms in total. The Labute approximate surface area is 33.4 Å². The third-order valence-electron chi connectivity index (χ3n) is 0. The topological polar surface area (TPSA) is 17.1 Å². The van der Waals surface area contributed by atoms with E-state index in [1.54, 1.807) is 0 Å². The highest BCUT2D eigenvalue weighted by Gasteiger charge is 2.24. The van der Waals surface area contributed by atoms with Crippen molar-refractivity contribution in [3.63, 3.8) is 0 Å². The number of rotatable bonds is 0. The highest BCUT2D eigenvalue weighted by molar-refractivity contribution is 8.05. The Morgan fingerprint density at radius 3 is 1.33 bits per heavy atom. The Balaban J connectivity index is 4.16. The molecule has 40 valence electrons. The van der Waals surface area contributed by atoms with Gasteiger partial charge in [0.1, 0.15) is 0 Å². The van der Waals surface area contributed by atoms with E-state index >= 15 is 0 Å². The molecule has 0 rings (SSSR count). The maximum Gasteiger partial charge on any atom is 0.292 e. The third-order valence-corrected chi connectivity index (χ3v) is 0. The average molecular weight is 120 g/mol. The molecule has 0 saturated carbocycles. The van der Waals surface area contributed by atoms with Gasteiger partial charge in [0.15, 0.2) is 0 Å². The van der Waals surface area contributed by atoms with Gasteiger partial charge in [-0.25, -0.2) is 0 Å². The Bertz CT molecular complexity index is 88.5. The lowest BCUT2D eigenvalue weighted by atomic mass is 12.0. The van der Waals surface area contributed by atoms with E-state index in [-0.39, 0.29) is 6.26 Å². The Morgan fingerprint density at radius 1 is 1.33 bits per heavy atom. The van der Waals surface area contributed by atoms with Crippen LogP contribution >= 0.6 is 0 Å². The van der Waals surface area contributed by atoms with Crippen LogP contribution < -0.4 is 0 Å². The summed E-state index contributed by atoms with van der Waals surface area (Å²) in [5.74, 6) is 0. The van der Waals surface area contributed by atoms with Crippen LogP contribution in [0.4, 0.5) is 11.7 Å². The molecule has 0 aromatic rings. The molecule has 0 aliphatic rings. The van der Waals surface area contributed by atoms with E-state index < -0.39 is 10.2 Å². The summed E-state index contributed by atoms with van der Waals surface area (Å²) in [4.78, 5) is 0. The lowest BCUT2D eigenvalue weighted by molar-refractivity contribution is 0.482. The molecule has 0 unspecified atom stereocenters. The quantitative estimate of drug-likeness (QED) is 0.437. The van der Waals surface area contributed by atoms with Crippen molar-refractivity contribution in [2.45, 2.75) is 0 Å². The minimum Gasteiger partial charge on any atom is -0.190 e. The Morgan fingerprint density at radius 2 is 1.33 bits per heavy atom. The Hall–Kier alpha value is -0.0600. The van der Waals surface area contributed by atoms with E-state index in [0.717, 1.165) is 0 Å². The van der Waals surface area contributed by atoms with Gasteiger partial charge in [0.2, 0.25) is 0 Å². The summed E-state index contributed by atoms with van der Waals surface area (Å²) < 4.78 is 40.6. The van der Waals surface area contributed by atoms with Gasteiger partial charge < -0.3 is 0 Å². The van der Waals surface area contributed by atoms with Crippen molar-refractivity contribution < 1.29 is 15.9 Å². The molecule has 0 amide bonds. The summed E-state index contributed by atoms with van der Waals surface area (Å²) in [6.07, 6.45) is -0.239. The molecule has 0 spiro atoms. The summed E-state index contributed by atoms with van der Waals surface area (Å²) in [6, 6.07) is 0. The molecule has 0 aliphatic carbocycles. The molecular weight excluding hydrogens is 117 g/mol. The van der Waals surface area contributed by atoms with Crippen molar-refractivity contribution in [3.05, 3.63) is 0 Å². The lowest BCUT2D eigenvalue weighted by Crippen LogP contribution is -2.05. The molecule has 6 heavy (non-hydrogen) atoms. The summed E-state index contributed by atoms with van der Waals surface area (Å²) in [6.45, 7) is 0. The fourth-order valence-electron chi connectivity index (χ4n) is 0. The zero-order chi connectivity index (χ0) is 5.45. The van der Waals surface area contributed by atoms with E-state index in [2.05, 4.69) is 0 Å². The van der Waals surface area contributed by atoms with E-state index in [0.29, 0.717) is 0 Å². The van der Waals surface area contributed by atoms with E-state index in [1.165, 1.54) is 0 Å². The normalized spacial score (nSPS) is 19.0. The fourth-order valence-corrected chi connectivity index (χ4v) is 0. The summed E-state index contributed by atoms with van der Waals surface area (Å²) in [7, 11) is -6.60. The summed E-state index contributed by atoms with van der Waals surface area (Å²) in [5, 5.41) is 0. The first-order valence-electron chi connectivity index (χ1n) is 1.04. The molecule has 0 bridgehead atoms. The number of hydrogen-bond donors (Lipinski definition) is 0. The zero-order valence-corrected chi connectivity index (χ0v) is 3.77. The molecule has 0 radical (unpaired) electrons. The van der Waals surface area contributed by atoms with Crippen molar-refractivity contribution in [2.24, 2.45) is 0 Å². The van der Waals surface area contributed by atoms with E-state index in [1.807, 2.05) is 0 Å². The largest absolute Gasteiger partial charge is 0.292 e. The van der Waals surface area contributed by atoms with Crippen molar-refractivity contribution in [2.75, 3.05) is 6.26 Å². The Kier molecular flexibility index (Phi) is 0.768. The molecule has 0 aliphatic heterocycles. The minimum atomic E-state index is -6.60. The van der Waals surface area contributed by atoms with Crippen LogP contribution in [0.3, 0.4) is 0 Å². The van der Waals surface area contributed by atoms with Gasteiger partial charge in [-0.15, -0.1) is 11.7 Å². The van der Waals surface area contributed by atoms with Gasteiger partial charge in [0, 0.05) is 0 Å². The molecule has 0 fully saturated rings. The van der Waals surface area contributed by atoms with Crippen molar-refractivity contribution >= 4 is 10.2 Å². The number of halogens is 3. The van der Waals surface area contributed by atoms with Gasteiger partial charge in [0.25, 0.3) is 10.2 Å². The van der Waals surface area contributed by atoms with Crippen molar-refractivity contribution in [1.29, 1.82) is 0 Å². The standard InChI is InChI=1S/CH3F3OS/c1-6(2,3,4)5/h1H3. The molecule has 0 aromatic carbocycles. The van der Waals surface area contributed by atoms with Crippen LogP contribution in [-0.4, -0.2) is 10.5 Å². The maximum atomic E-state index is 10.6. The zero-order valence-electron chi connectivity index (χ0n) is 2.95. The molecule has 0 aromatic heterocycles. The molecule has 0 saturated heterocycles. The van der Waals surface area contributed by atoms with Crippen LogP contribution in [-0.2, 0) is 10.2 Å². The highest BCUT2D eigenvalue weighted by atomic mass is 32.4. The second kappa shape index (κ2) is 0.776. The molecule has 5 heteroatoms. The van der Waals surface area contributed by atoms with Gasteiger partial charge in [-0.2, -0.15) is 4.21 Å². The predicted molar refractivity (Wildman–Crippen MR) is 17.4 cm³/mol. The SMILES string of the molecule is CS(=O)(F)(F)F. The van der Waals surface area contributed by atoms with Crippen LogP contribution in [0.1, 0.15) is 0 Å². The highest BCUT2D eigenvalue weighted by Crippen LogP contribution is 2.25. The predicted octanol–water partition coefficient (Wildman–Crippen LogP) is 1.09. The maximum absolute atomic E-state index is 10.6. The van der Waals surface area contributed by atoms with Crippen LogP contribution in [0.2, 0.25) is 0 Å². The first-order chi connectivity index (χ1) is 2.24. The molecule has 0 heterocycles. The van der Waals surface area contributed by atoms with E-state index in [4.69, 9.17) is 4.21 Å². The fraction of sp³-hybridized carbons (Fsp3) is 1.00. The van der Waals surface area contributed by atoms with Crippen LogP contribution in [0.25, 0.3) is 0 Å². The first kappa shape index (κ1) is 5.94. The molecule has 0 atom stereocenters. The van der Waals surface area contributed by atoms with Crippen LogP contribution in [0.5, 0.6) is 0 Å². The lowest BCUT2D eigenvalue weighted by Gasteiger charge is -2.02.